The molecule has 0 aliphatic rings. The molecule has 64 heavy (non-hydrogen) atoms. The molecule has 0 saturated heterocycles. The van der Waals surface area contributed by atoms with Gasteiger partial charge in [0.1, 0.15) is 11.6 Å². The Hall–Kier alpha value is -7.11. The number of nitrogens with zero attached hydrogens (tertiary/aromatic N) is 5. The molecule has 0 unspecified atom stereocenters. The summed E-state index contributed by atoms with van der Waals surface area (Å²) in [5, 5.41) is 20.5. The number of fused-ring (bicyclic) bond motifs is 3. The first-order valence-electron chi connectivity index (χ1n) is 21.0. The Morgan fingerprint density at radius 1 is 0.750 bits per heavy atom. The first-order chi connectivity index (χ1) is 30.8. The number of carbonyl (C=O) groups excluding carboxylic acids is 3. The monoisotopic (exact) mass is 884 g/mol. The highest BCUT2D eigenvalue weighted by Crippen LogP contribution is 2.30. The summed E-state index contributed by atoms with van der Waals surface area (Å²) < 4.78 is 42.0. The normalized spacial score (nSPS) is 11.5. The van der Waals surface area contributed by atoms with Crippen LogP contribution in [0.3, 0.4) is 0 Å². The molecule has 0 bridgehead atoms. The first-order valence-corrected chi connectivity index (χ1v) is 22.5. The number of aryl methyl sites for hydroxylation is 4. The summed E-state index contributed by atoms with van der Waals surface area (Å²) in [6, 6.07) is 25.1. The third kappa shape index (κ3) is 10.9. The number of ether oxygens (including phenoxy) is 1. The molecule has 0 saturated carbocycles. The molecule has 16 nitrogen and oxygen atoms in total. The highest BCUT2D eigenvalue weighted by Gasteiger charge is 2.26. The minimum atomic E-state index is -4.39. The highest BCUT2D eigenvalue weighted by molar-refractivity contribution is 7.85. The van der Waals surface area contributed by atoms with E-state index in [1.54, 1.807) is 63.4 Å². The lowest BCUT2D eigenvalue weighted by Crippen LogP contribution is -2.37. The number of para-hydroxylation sites is 2. The van der Waals surface area contributed by atoms with Crippen molar-refractivity contribution in [3.63, 3.8) is 0 Å². The lowest BCUT2D eigenvalue weighted by molar-refractivity contribution is -0.645. The summed E-state index contributed by atoms with van der Waals surface area (Å²) in [5.41, 5.74) is 5.90. The van der Waals surface area contributed by atoms with Crippen LogP contribution in [0.4, 0.5) is 5.69 Å². The first kappa shape index (κ1) is 44.9. The Morgan fingerprint density at radius 2 is 1.34 bits per heavy atom. The predicted octanol–water partition coefficient (Wildman–Crippen LogP) is 6.13. The second kappa shape index (κ2) is 19.9. The van der Waals surface area contributed by atoms with Crippen molar-refractivity contribution in [3.05, 3.63) is 130 Å². The predicted molar refractivity (Wildman–Crippen MR) is 240 cm³/mol. The summed E-state index contributed by atoms with van der Waals surface area (Å²) in [6.07, 6.45) is 4.98. The number of rotatable bonds is 18. The molecule has 0 aliphatic heterocycles. The Balaban J connectivity index is 0.851. The van der Waals surface area contributed by atoms with Gasteiger partial charge in [-0.15, -0.1) is 0 Å². The molecular formula is C47H48N8O8S. The number of carbonyl (C=O) groups is 3. The Labute approximate surface area is 369 Å². The summed E-state index contributed by atoms with van der Waals surface area (Å²) in [4.78, 5) is 56.7. The smallest absolute Gasteiger partial charge is 0.345 e. The van der Waals surface area contributed by atoms with Gasteiger partial charge in [0, 0.05) is 54.2 Å². The van der Waals surface area contributed by atoms with Gasteiger partial charge in [-0.2, -0.15) is 9.55 Å². The van der Waals surface area contributed by atoms with Gasteiger partial charge in [-0.3, -0.25) is 9.59 Å². The number of nitrogens with one attached hydrogen (secondary N) is 3. The molecule has 7 aromatic rings. The number of amides is 2. The van der Waals surface area contributed by atoms with E-state index in [0.717, 1.165) is 31.4 Å². The molecule has 0 aliphatic carbocycles. The van der Waals surface area contributed by atoms with Crippen molar-refractivity contribution in [2.75, 3.05) is 24.2 Å². The van der Waals surface area contributed by atoms with Crippen molar-refractivity contribution < 1.29 is 41.8 Å². The van der Waals surface area contributed by atoms with Crippen LogP contribution in [0.1, 0.15) is 85.8 Å². The molecule has 330 valence electrons. The number of hydrogen-bond acceptors (Lipinski definition) is 13. The molecule has 0 radical (unpaired) electrons. The number of hydrogen-bond donors (Lipinski definition) is 4. The molecule has 0 fully saturated rings. The van der Waals surface area contributed by atoms with Crippen LogP contribution < -0.4 is 25.3 Å². The summed E-state index contributed by atoms with van der Waals surface area (Å²) >= 11 is 0. The Morgan fingerprint density at radius 3 is 1.95 bits per heavy atom. The molecule has 4 aromatic carbocycles. The van der Waals surface area contributed by atoms with E-state index in [4.69, 9.17) is 4.74 Å². The number of benzene rings is 4. The van der Waals surface area contributed by atoms with E-state index < -0.39 is 21.8 Å². The SMILES string of the molecule is Cc1nc(O)c2nc(CNc3ccc(C(=O)NCCCCCCNC(=O)c4cc(C)c(OC(=O)c5c6ccccc6[n+](CCCS(=O)(=O)[O-])c6ccccc56)c(C)c4)cc3)cnc2n1. The fraction of sp³-hybridized carbons (Fsp3) is 0.277. The van der Waals surface area contributed by atoms with Gasteiger partial charge in [0.25, 0.3) is 11.8 Å². The lowest BCUT2D eigenvalue weighted by atomic mass is 10.0. The van der Waals surface area contributed by atoms with Gasteiger partial charge in [-0.05, 0) is 93.3 Å². The average Bonchev–Trinajstić information content (AvgIpc) is 3.27. The molecule has 4 N–H and O–H groups in total. The Kier molecular flexibility index (Phi) is 14.0. The maximum Gasteiger partial charge on any atom is 0.345 e. The van der Waals surface area contributed by atoms with E-state index in [0.29, 0.717) is 92.2 Å². The largest absolute Gasteiger partial charge is 0.748 e. The maximum absolute atomic E-state index is 14.0. The number of anilines is 1. The summed E-state index contributed by atoms with van der Waals surface area (Å²) in [5.74, 6) is -0.934. The van der Waals surface area contributed by atoms with E-state index in [2.05, 4.69) is 35.9 Å². The fourth-order valence-corrected chi connectivity index (χ4v) is 8.11. The zero-order valence-corrected chi connectivity index (χ0v) is 36.5. The number of esters is 1. The summed E-state index contributed by atoms with van der Waals surface area (Å²) in [7, 11) is -4.39. The summed E-state index contributed by atoms with van der Waals surface area (Å²) in [6.45, 7) is 6.84. The topological polar surface area (TPSA) is 229 Å². The molecule has 0 spiro atoms. The van der Waals surface area contributed by atoms with Gasteiger partial charge >= 0.3 is 5.97 Å². The molecule has 2 amide bonds. The van der Waals surface area contributed by atoms with Crippen molar-refractivity contribution in [3.8, 4) is 11.6 Å². The zero-order valence-electron chi connectivity index (χ0n) is 35.7. The van der Waals surface area contributed by atoms with Crippen molar-refractivity contribution in [2.24, 2.45) is 0 Å². The quantitative estimate of drug-likeness (QED) is 0.0190. The van der Waals surface area contributed by atoms with Crippen LogP contribution in [0.5, 0.6) is 11.6 Å². The minimum Gasteiger partial charge on any atom is -0.748 e. The van der Waals surface area contributed by atoms with Crippen molar-refractivity contribution in [1.82, 2.24) is 30.6 Å². The molecular weight excluding hydrogens is 837 g/mol. The van der Waals surface area contributed by atoms with Gasteiger partial charge in [0.05, 0.1) is 44.9 Å². The zero-order chi connectivity index (χ0) is 45.4. The number of pyridine rings is 1. The van der Waals surface area contributed by atoms with Crippen LogP contribution in [0.25, 0.3) is 33.0 Å². The third-order valence-electron chi connectivity index (χ3n) is 10.7. The molecule has 7 rings (SSSR count). The standard InChI is InChI=1S/C47H48N8O8S/c1-29-25-33(26-30(2)42(29)63-47(59)40-36-13-6-8-15-38(36)55(23-12-24-64(60,61)62)39-16-9-7-14-37(39)40)45(57)49-22-11-5-4-10-21-48-44(56)32-17-19-34(20-18-32)50-27-35-28-51-43-41(54-35)46(58)53-31(3)52-43/h6-9,13-20,25-26,28H,4-5,10-12,21-24,27H2,1-3H3,(H4-,48,49,50,51,52,53,56,57,58,60,61,62). The van der Waals surface area contributed by atoms with E-state index >= 15 is 0 Å². The van der Waals surface area contributed by atoms with Gasteiger partial charge in [-0.1, -0.05) is 37.1 Å². The number of aromatic nitrogens is 5. The molecule has 3 aromatic heterocycles. The molecule has 17 heteroatoms. The third-order valence-corrected chi connectivity index (χ3v) is 11.5. The van der Waals surface area contributed by atoms with Crippen LogP contribution >= 0.6 is 0 Å². The minimum absolute atomic E-state index is 0.115. The number of aromatic hydroxyl groups is 1. The fourth-order valence-electron chi connectivity index (χ4n) is 7.63. The van der Waals surface area contributed by atoms with Gasteiger partial charge in [0.15, 0.2) is 17.7 Å². The highest BCUT2D eigenvalue weighted by atomic mass is 32.2. The molecule has 0 atom stereocenters. The van der Waals surface area contributed by atoms with E-state index in [1.165, 1.54) is 0 Å². The van der Waals surface area contributed by atoms with Crippen molar-refractivity contribution in [2.45, 2.75) is 66.0 Å². The second-order valence-corrected chi connectivity index (χ2v) is 17.0. The second-order valence-electron chi connectivity index (χ2n) is 15.5. The van der Waals surface area contributed by atoms with Crippen LogP contribution in [0.2, 0.25) is 0 Å². The lowest BCUT2D eigenvalue weighted by Gasteiger charge is -2.15. The van der Waals surface area contributed by atoms with Crippen LogP contribution in [-0.4, -0.2) is 74.6 Å². The van der Waals surface area contributed by atoms with Crippen LogP contribution in [0.15, 0.2) is 91.1 Å². The average molecular weight is 885 g/mol. The molecule has 3 heterocycles. The van der Waals surface area contributed by atoms with Crippen molar-refractivity contribution in [1.29, 1.82) is 0 Å². The van der Waals surface area contributed by atoms with Gasteiger partial charge in [0.2, 0.25) is 16.9 Å². The van der Waals surface area contributed by atoms with Crippen LogP contribution in [0, 0.1) is 20.8 Å². The Bertz CT molecular complexity index is 2920. The van der Waals surface area contributed by atoms with E-state index in [1.807, 2.05) is 53.1 Å². The van der Waals surface area contributed by atoms with Gasteiger partial charge in [-0.25, -0.2) is 28.2 Å². The van der Waals surface area contributed by atoms with Crippen LogP contribution in [-0.2, 0) is 23.2 Å². The van der Waals surface area contributed by atoms with Crippen molar-refractivity contribution >= 4 is 66.6 Å². The van der Waals surface area contributed by atoms with E-state index in [9.17, 15) is 32.5 Å². The van der Waals surface area contributed by atoms with Gasteiger partial charge < -0.3 is 30.3 Å². The van der Waals surface area contributed by atoms with E-state index in [-0.39, 0.29) is 36.2 Å². The maximum atomic E-state index is 14.0. The number of unbranched alkanes of at least 4 members (excludes halogenated alkanes) is 3.